The lowest BCUT2D eigenvalue weighted by Gasteiger charge is -2.08. The molecule has 2 rings (SSSR count). The Morgan fingerprint density at radius 1 is 1.32 bits per heavy atom. The molecule has 0 unspecified atom stereocenters. The third-order valence-corrected chi connectivity index (χ3v) is 5.79. The maximum atomic E-state index is 12.0. The van der Waals surface area contributed by atoms with Gasteiger partial charge in [0, 0.05) is 10.9 Å². The fourth-order valence-corrected chi connectivity index (χ4v) is 4.67. The molecule has 1 aromatic carbocycles. The average Bonchev–Trinajstić information content (AvgIpc) is 2.94. The zero-order valence-corrected chi connectivity index (χ0v) is 16.1. The van der Waals surface area contributed by atoms with E-state index in [1.54, 1.807) is 19.2 Å². The summed E-state index contributed by atoms with van der Waals surface area (Å²) in [5.74, 6) is -0.410. The molecule has 136 valence electrons. The molecule has 1 heterocycles. The third kappa shape index (κ3) is 5.82. The van der Waals surface area contributed by atoms with Crippen molar-refractivity contribution in [3.05, 3.63) is 29.6 Å². The van der Waals surface area contributed by atoms with Crippen molar-refractivity contribution in [1.29, 1.82) is 0 Å². The van der Waals surface area contributed by atoms with Crippen LogP contribution in [0.2, 0.25) is 0 Å². The van der Waals surface area contributed by atoms with Gasteiger partial charge >= 0.3 is 0 Å². The van der Waals surface area contributed by atoms with Crippen molar-refractivity contribution in [3.63, 3.8) is 0 Å². The van der Waals surface area contributed by atoms with E-state index in [1.165, 1.54) is 11.3 Å². The number of hydrogen-bond acceptors (Lipinski definition) is 6. The van der Waals surface area contributed by atoms with Crippen LogP contribution in [-0.4, -0.2) is 37.4 Å². The lowest BCUT2D eigenvalue weighted by atomic mass is 10.1. The highest BCUT2D eigenvalue weighted by molar-refractivity contribution is 7.92. The predicted octanol–water partition coefficient (Wildman–Crippen LogP) is 3.22. The topological polar surface area (TPSA) is 85.4 Å². The fourth-order valence-electron chi connectivity index (χ4n) is 2.34. The Morgan fingerprint density at radius 3 is 2.72 bits per heavy atom. The number of rotatable bonds is 8. The Hall–Kier alpha value is -1.93. The van der Waals surface area contributed by atoms with Gasteiger partial charge in [-0.15, -0.1) is 11.3 Å². The van der Waals surface area contributed by atoms with Gasteiger partial charge in [0.15, 0.2) is 15.0 Å². The number of sulfone groups is 1. The second-order valence-corrected chi connectivity index (χ2v) is 8.93. The van der Waals surface area contributed by atoms with E-state index in [0.29, 0.717) is 23.2 Å². The zero-order chi connectivity index (χ0) is 18.4. The average molecular weight is 383 g/mol. The highest BCUT2D eigenvalue weighted by atomic mass is 32.2. The quantitative estimate of drug-likeness (QED) is 0.758. The van der Waals surface area contributed by atoms with Gasteiger partial charge in [-0.2, -0.15) is 0 Å². The Morgan fingerprint density at radius 2 is 2.04 bits per heavy atom. The van der Waals surface area contributed by atoms with Crippen LogP contribution in [0.3, 0.4) is 0 Å². The molecule has 0 saturated carbocycles. The van der Waals surface area contributed by atoms with Crippen LogP contribution in [0.4, 0.5) is 5.13 Å². The molecule has 2 aromatic rings. The van der Waals surface area contributed by atoms with Crippen LogP contribution in [0.15, 0.2) is 29.6 Å². The van der Waals surface area contributed by atoms with E-state index in [9.17, 15) is 13.2 Å². The summed E-state index contributed by atoms with van der Waals surface area (Å²) < 4.78 is 29.4. The van der Waals surface area contributed by atoms with Crippen molar-refractivity contribution in [2.24, 2.45) is 5.92 Å². The van der Waals surface area contributed by atoms with E-state index < -0.39 is 21.5 Å². The SMILES string of the molecule is CCOc1ccccc1-c1csc(NC(=O)CS(=O)(=O)CC(C)C)n1. The van der Waals surface area contributed by atoms with Gasteiger partial charge in [0.25, 0.3) is 0 Å². The van der Waals surface area contributed by atoms with Gasteiger partial charge in [0.2, 0.25) is 5.91 Å². The molecule has 8 heteroatoms. The predicted molar refractivity (Wildman–Crippen MR) is 101 cm³/mol. The van der Waals surface area contributed by atoms with Gasteiger partial charge in [0.1, 0.15) is 11.5 Å². The molecule has 1 aromatic heterocycles. The smallest absolute Gasteiger partial charge is 0.241 e. The second-order valence-electron chi connectivity index (χ2n) is 5.96. The van der Waals surface area contributed by atoms with Crippen LogP contribution in [-0.2, 0) is 14.6 Å². The van der Waals surface area contributed by atoms with Gasteiger partial charge in [-0.3, -0.25) is 4.79 Å². The molecule has 1 amide bonds. The third-order valence-electron chi connectivity index (χ3n) is 3.15. The molecule has 6 nitrogen and oxygen atoms in total. The molecule has 0 aliphatic rings. The van der Waals surface area contributed by atoms with Crippen LogP contribution >= 0.6 is 11.3 Å². The number of anilines is 1. The van der Waals surface area contributed by atoms with Gasteiger partial charge in [-0.05, 0) is 25.0 Å². The zero-order valence-electron chi connectivity index (χ0n) is 14.5. The van der Waals surface area contributed by atoms with E-state index in [4.69, 9.17) is 4.74 Å². The van der Waals surface area contributed by atoms with Crippen molar-refractivity contribution in [3.8, 4) is 17.0 Å². The number of aromatic nitrogens is 1. The summed E-state index contributed by atoms with van der Waals surface area (Å²) in [5.41, 5.74) is 1.50. The van der Waals surface area contributed by atoms with Crippen molar-refractivity contribution in [1.82, 2.24) is 4.98 Å². The van der Waals surface area contributed by atoms with E-state index in [0.717, 1.165) is 5.56 Å². The highest BCUT2D eigenvalue weighted by Crippen LogP contribution is 2.32. The summed E-state index contributed by atoms with van der Waals surface area (Å²) >= 11 is 1.25. The van der Waals surface area contributed by atoms with Crippen molar-refractivity contribution >= 4 is 32.2 Å². The fraction of sp³-hybridized carbons (Fsp3) is 0.412. The molecule has 25 heavy (non-hydrogen) atoms. The normalized spacial score (nSPS) is 11.5. The van der Waals surface area contributed by atoms with E-state index in [2.05, 4.69) is 10.3 Å². The Kier molecular flexibility index (Phi) is 6.55. The molecule has 1 N–H and O–H groups in total. The lowest BCUT2D eigenvalue weighted by Crippen LogP contribution is -2.26. The number of nitrogens with zero attached hydrogens (tertiary/aromatic N) is 1. The number of thiazole rings is 1. The van der Waals surface area contributed by atoms with Gasteiger partial charge in [0.05, 0.1) is 18.1 Å². The van der Waals surface area contributed by atoms with Crippen molar-refractivity contribution in [2.45, 2.75) is 20.8 Å². The first-order chi connectivity index (χ1) is 11.8. The van der Waals surface area contributed by atoms with Crippen LogP contribution in [0.25, 0.3) is 11.3 Å². The molecule has 0 fully saturated rings. The molecular weight excluding hydrogens is 360 g/mol. The van der Waals surface area contributed by atoms with E-state index in [1.807, 2.05) is 31.2 Å². The van der Waals surface area contributed by atoms with Crippen LogP contribution in [0.5, 0.6) is 5.75 Å². The molecule has 0 aliphatic carbocycles. The summed E-state index contributed by atoms with van der Waals surface area (Å²) in [6, 6.07) is 7.50. The minimum Gasteiger partial charge on any atom is -0.493 e. The summed E-state index contributed by atoms with van der Waals surface area (Å²) in [5, 5.41) is 4.73. The lowest BCUT2D eigenvalue weighted by molar-refractivity contribution is -0.113. The first kappa shape index (κ1) is 19.4. The minimum atomic E-state index is -3.41. The monoisotopic (exact) mass is 382 g/mol. The molecule has 0 radical (unpaired) electrons. The number of nitrogens with one attached hydrogen (secondary N) is 1. The van der Waals surface area contributed by atoms with Crippen LogP contribution in [0, 0.1) is 5.92 Å². The summed E-state index contributed by atoms with van der Waals surface area (Å²) in [6.45, 7) is 6.05. The second kappa shape index (κ2) is 8.44. The van der Waals surface area contributed by atoms with Crippen LogP contribution in [0.1, 0.15) is 20.8 Å². The van der Waals surface area contributed by atoms with Crippen molar-refractivity contribution < 1.29 is 17.9 Å². The highest BCUT2D eigenvalue weighted by Gasteiger charge is 2.19. The van der Waals surface area contributed by atoms with Gasteiger partial charge in [-0.25, -0.2) is 13.4 Å². The molecule has 0 saturated heterocycles. The largest absolute Gasteiger partial charge is 0.493 e. The Balaban J connectivity index is 2.08. The Bertz CT molecular complexity index is 829. The standard InChI is InChI=1S/C17H22N2O4S2/c1-4-23-15-8-6-5-7-13(15)14-9-24-17(18-14)19-16(20)11-25(21,22)10-12(2)3/h5-9,12H,4,10-11H2,1-3H3,(H,18,19,20). The maximum absolute atomic E-state index is 12.0. The molecular formula is C17H22N2O4S2. The number of amides is 1. The van der Waals surface area contributed by atoms with E-state index >= 15 is 0 Å². The van der Waals surface area contributed by atoms with Gasteiger partial charge < -0.3 is 10.1 Å². The minimum absolute atomic E-state index is 0.00866. The summed E-state index contributed by atoms with van der Waals surface area (Å²) in [4.78, 5) is 16.3. The summed E-state index contributed by atoms with van der Waals surface area (Å²) in [7, 11) is -3.41. The number of ether oxygens (including phenoxy) is 1. The molecule has 0 bridgehead atoms. The molecule has 0 aliphatic heterocycles. The Labute approximate surface area is 152 Å². The van der Waals surface area contributed by atoms with E-state index in [-0.39, 0.29) is 11.7 Å². The van der Waals surface area contributed by atoms with Crippen LogP contribution < -0.4 is 10.1 Å². The van der Waals surface area contributed by atoms with Crippen molar-refractivity contribution in [2.75, 3.05) is 23.4 Å². The number of para-hydroxylation sites is 1. The first-order valence-electron chi connectivity index (χ1n) is 7.98. The number of benzene rings is 1. The summed E-state index contributed by atoms with van der Waals surface area (Å²) in [6.07, 6.45) is 0. The van der Waals surface area contributed by atoms with Gasteiger partial charge in [-0.1, -0.05) is 26.0 Å². The maximum Gasteiger partial charge on any atom is 0.241 e. The first-order valence-corrected chi connectivity index (χ1v) is 10.7. The number of hydrogen-bond donors (Lipinski definition) is 1. The number of carbonyl (C=O) groups excluding carboxylic acids is 1. The number of carbonyl (C=O) groups is 1. The molecule has 0 spiro atoms. The molecule has 0 atom stereocenters.